The number of hydrogen-bond donors (Lipinski definition) is 0. The van der Waals surface area contributed by atoms with Crippen LogP contribution < -0.4 is 4.80 Å². The van der Waals surface area contributed by atoms with Crippen LogP contribution in [0.4, 0.5) is 0 Å². The number of sulfonamides is 1. The molecule has 0 atom stereocenters. The number of amides is 1. The van der Waals surface area contributed by atoms with Crippen molar-refractivity contribution >= 4 is 49.1 Å². The lowest BCUT2D eigenvalue weighted by atomic mass is 10.2. The van der Waals surface area contributed by atoms with Crippen LogP contribution in [-0.2, 0) is 17.1 Å². The molecule has 0 saturated heterocycles. The van der Waals surface area contributed by atoms with E-state index in [-0.39, 0.29) is 4.90 Å². The molecular weight excluding hydrogens is 442 g/mol. The number of benzene rings is 2. The Kier molecular flexibility index (Phi) is 7.13. The van der Waals surface area contributed by atoms with E-state index in [1.807, 2.05) is 33.0 Å². The van der Waals surface area contributed by atoms with Gasteiger partial charge in [0.15, 0.2) is 4.80 Å². The Morgan fingerprint density at radius 2 is 1.73 bits per heavy atom. The number of hydrogen-bond acceptors (Lipinski definition) is 4. The molecule has 3 aromatic rings. The predicted molar refractivity (Wildman–Crippen MR) is 121 cm³/mol. The number of fused-ring (bicyclic) bond motifs is 1. The Bertz CT molecular complexity index is 1220. The van der Waals surface area contributed by atoms with Gasteiger partial charge in [-0.25, -0.2) is 8.42 Å². The van der Waals surface area contributed by atoms with Gasteiger partial charge in [0, 0.05) is 25.7 Å². The average Bonchev–Trinajstić information content (AvgIpc) is 3.04. The minimum atomic E-state index is -3.58. The van der Waals surface area contributed by atoms with Gasteiger partial charge in [-0.2, -0.15) is 9.30 Å². The summed E-state index contributed by atoms with van der Waals surface area (Å²) in [5, 5.41) is 0.596. The highest BCUT2D eigenvalue weighted by molar-refractivity contribution is 7.89. The molecule has 1 aromatic heterocycles. The third kappa shape index (κ3) is 4.51. The Morgan fingerprint density at radius 1 is 1.10 bits per heavy atom. The van der Waals surface area contributed by atoms with E-state index in [9.17, 15) is 13.2 Å². The number of carbonyl (C=O) groups is 1. The van der Waals surface area contributed by atoms with Gasteiger partial charge in [0.2, 0.25) is 10.0 Å². The molecule has 0 aliphatic carbocycles. The second-order valence-corrected chi connectivity index (χ2v) is 10.2. The Labute approximate surface area is 185 Å². The molecule has 0 spiro atoms. The van der Waals surface area contributed by atoms with Crippen LogP contribution in [0.5, 0.6) is 0 Å². The summed E-state index contributed by atoms with van der Waals surface area (Å²) >= 11 is 7.63. The van der Waals surface area contributed by atoms with Crippen molar-refractivity contribution in [3.8, 4) is 0 Å². The molecule has 0 bridgehead atoms. The standard InChI is InChI=1S/C21H24ClN3O3S2/c1-4-13-25(14-5-2)30(27,28)16-11-9-15(10-12-16)20(26)23-21-24(3)19-17(22)7-6-8-18(19)29-21/h6-12H,4-5,13-14H2,1-3H3. The largest absolute Gasteiger partial charge is 0.318 e. The van der Waals surface area contributed by atoms with E-state index < -0.39 is 15.9 Å². The quantitative estimate of drug-likeness (QED) is 0.517. The first-order valence-electron chi connectivity index (χ1n) is 9.73. The lowest BCUT2D eigenvalue weighted by Crippen LogP contribution is -2.32. The van der Waals surface area contributed by atoms with Gasteiger partial charge in [-0.1, -0.05) is 42.9 Å². The SMILES string of the molecule is CCCN(CCC)S(=O)(=O)c1ccc(C(=O)N=c2sc3cccc(Cl)c3n2C)cc1. The molecule has 6 nitrogen and oxygen atoms in total. The zero-order valence-corrected chi connectivity index (χ0v) is 19.5. The van der Waals surface area contributed by atoms with Crippen LogP contribution in [-0.4, -0.2) is 36.3 Å². The predicted octanol–water partition coefficient (Wildman–Crippen LogP) is 4.45. The molecule has 0 saturated carbocycles. The molecule has 1 heterocycles. The monoisotopic (exact) mass is 465 g/mol. The summed E-state index contributed by atoms with van der Waals surface area (Å²) in [6.07, 6.45) is 1.48. The second-order valence-electron chi connectivity index (χ2n) is 6.88. The third-order valence-electron chi connectivity index (χ3n) is 4.66. The van der Waals surface area contributed by atoms with Crippen molar-refractivity contribution < 1.29 is 13.2 Å². The summed E-state index contributed by atoms with van der Waals surface area (Å²) in [5.41, 5.74) is 1.15. The minimum Gasteiger partial charge on any atom is -0.318 e. The molecule has 0 aliphatic heterocycles. The van der Waals surface area contributed by atoms with Crippen LogP contribution in [0, 0.1) is 0 Å². The summed E-state index contributed by atoms with van der Waals surface area (Å²) in [5.74, 6) is -0.434. The maximum absolute atomic E-state index is 12.9. The van der Waals surface area contributed by atoms with Crippen molar-refractivity contribution in [3.63, 3.8) is 0 Å². The van der Waals surface area contributed by atoms with Gasteiger partial charge in [0.25, 0.3) is 5.91 Å². The van der Waals surface area contributed by atoms with Gasteiger partial charge in [-0.05, 0) is 49.2 Å². The summed E-state index contributed by atoms with van der Waals surface area (Å²) in [6, 6.07) is 11.5. The molecule has 0 aliphatic rings. The highest BCUT2D eigenvalue weighted by Gasteiger charge is 2.23. The van der Waals surface area contributed by atoms with E-state index in [4.69, 9.17) is 11.6 Å². The number of aromatic nitrogens is 1. The zero-order chi connectivity index (χ0) is 21.9. The Morgan fingerprint density at radius 3 is 2.30 bits per heavy atom. The van der Waals surface area contributed by atoms with E-state index in [1.54, 1.807) is 10.6 Å². The second kappa shape index (κ2) is 9.43. The van der Waals surface area contributed by atoms with Crippen molar-refractivity contribution in [1.82, 2.24) is 8.87 Å². The molecule has 9 heteroatoms. The van der Waals surface area contributed by atoms with Crippen molar-refractivity contribution in [2.45, 2.75) is 31.6 Å². The number of halogens is 1. The number of rotatable bonds is 7. The zero-order valence-electron chi connectivity index (χ0n) is 17.1. The molecule has 30 heavy (non-hydrogen) atoms. The maximum Gasteiger partial charge on any atom is 0.279 e. The fraction of sp³-hybridized carbons (Fsp3) is 0.333. The number of carbonyl (C=O) groups excluding carboxylic acids is 1. The van der Waals surface area contributed by atoms with Crippen LogP contribution in [0.3, 0.4) is 0 Å². The number of aryl methyl sites for hydroxylation is 1. The Balaban J connectivity index is 1.91. The Hall–Kier alpha value is -2.00. The van der Waals surface area contributed by atoms with Crippen LogP contribution in [0.2, 0.25) is 5.02 Å². The first-order chi connectivity index (χ1) is 14.3. The van der Waals surface area contributed by atoms with E-state index in [1.165, 1.54) is 39.9 Å². The number of nitrogens with zero attached hydrogens (tertiary/aromatic N) is 3. The van der Waals surface area contributed by atoms with Crippen LogP contribution in [0.15, 0.2) is 52.4 Å². The molecule has 3 rings (SSSR count). The van der Waals surface area contributed by atoms with Gasteiger partial charge < -0.3 is 4.57 Å². The van der Waals surface area contributed by atoms with Gasteiger partial charge in [0.05, 0.1) is 20.1 Å². The van der Waals surface area contributed by atoms with E-state index >= 15 is 0 Å². The van der Waals surface area contributed by atoms with Crippen LogP contribution >= 0.6 is 22.9 Å². The maximum atomic E-state index is 12.9. The number of para-hydroxylation sites is 1. The van der Waals surface area contributed by atoms with Crippen molar-refractivity contribution in [2.24, 2.45) is 12.0 Å². The molecule has 0 unspecified atom stereocenters. The summed E-state index contributed by atoms with van der Waals surface area (Å²) < 4.78 is 29.9. The molecular formula is C21H24ClN3O3S2. The first kappa shape index (κ1) is 22.7. The highest BCUT2D eigenvalue weighted by atomic mass is 35.5. The van der Waals surface area contributed by atoms with Gasteiger partial charge in [-0.15, -0.1) is 0 Å². The summed E-state index contributed by atoms with van der Waals surface area (Å²) in [6.45, 7) is 4.83. The number of thiazole rings is 1. The molecule has 1 amide bonds. The summed E-state index contributed by atoms with van der Waals surface area (Å²) in [7, 11) is -1.77. The fourth-order valence-electron chi connectivity index (χ4n) is 3.18. The molecule has 0 radical (unpaired) electrons. The van der Waals surface area contributed by atoms with E-state index in [0.29, 0.717) is 28.5 Å². The van der Waals surface area contributed by atoms with Crippen molar-refractivity contribution in [2.75, 3.05) is 13.1 Å². The lowest BCUT2D eigenvalue weighted by Gasteiger charge is -2.21. The molecule has 0 fully saturated rings. The van der Waals surface area contributed by atoms with Crippen LogP contribution in [0.25, 0.3) is 10.2 Å². The van der Waals surface area contributed by atoms with E-state index in [0.717, 1.165) is 23.1 Å². The van der Waals surface area contributed by atoms with Crippen LogP contribution in [0.1, 0.15) is 37.0 Å². The van der Waals surface area contributed by atoms with Crippen molar-refractivity contribution in [3.05, 3.63) is 57.9 Å². The average molecular weight is 466 g/mol. The fourth-order valence-corrected chi connectivity index (χ4v) is 6.21. The lowest BCUT2D eigenvalue weighted by molar-refractivity contribution is 0.0998. The van der Waals surface area contributed by atoms with Gasteiger partial charge in [-0.3, -0.25) is 4.79 Å². The molecule has 0 N–H and O–H groups in total. The minimum absolute atomic E-state index is 0.181. The van der Waals surface area contributed by atoms with Gasteiger partial charge in [0.1, 0.15) is 0 Å². The molecule has 2 aromatic carbocycles. The normalized spacial score (nSPS) is 12.8. The highest BCUT2D eigenvalue weighted by Crippen LogP contribution is 2.24. The summed E-state index contributed by atoms with van der Waals surface area (Å²) in [4.78, 5) is 17.6. The molecule has 160 valence electrons. The first-order valence-corrected chi connectivity index (χ1v) is 12.4. The third-order valence-corrected chi connectivity index (χ3v) is 7.97. The van der Waals surface area contributed by atoms with Gasteiger partial charge >= 0.3 is 0 Å². The van der Waals surface area contributed by atoms with E-state index in [2.05, 4.69) is 4.99 Å². The van der Waals surface area contributed by atoms with Crippen molar-refractivity contribution in [1.29, 1.82) is 0 Å². The topological polar surface area (TPSA) is 71.7 Å². The smallest absolute Gasteiger partial charge is 0.279 e.